The predicted octanol–water partition coefficient (Wildman–Crippen LogP) is 0.313. The average Bonchev–Trinajstić information content (AvgIpc) is 2.36. The van der Waals surface area contributed by atoms with Gasteiger partial charge in [0, 0.05) is 6.42 Å². The van der Waals surface area contributed by atoms with Crippen molar-refractivity contribution in [3.8, 4) is 12.3 Å². The number of nitrogens with one attached hydrogen (secondary N) is 1. The topological polar surface area (TPSA) is 69.6 Å². The monoisotopic (exact) mass is 252 g/mol. The lowest BCUT2D eigenvalue weighted by Gasteiger charge is -2.24. The van der Waals surface area contributed by atoms with Crippen molar-refractivity contribution in [1.82, 2.24) is 10.2 Å². The number of rotatable bonds is 6. The molecule has 1 heterocycles. The van der Waals surface area contributed by atoms with E-state index in [9.17, 15) is 9.59 Å². The fourth-order valence-corrected chi connectivity index (χ4v) is 2.16. The van der Waals surface area contributed by atoms with E-state index in [1.54, 1.807) is 0 Å². The van der Waals surface area contributed by atoms with Crippen molar-refractivity contribution in [3.63, 3.8) is 0 Å². The molecular formula is C13H20N2O3. The SMILES string of the molecule is C#CCN(CC(=O)O)C(=O)CCC1CCNCC1. The minimum Gasteiger partial charge on any atom is -0.480 e. The van der Waals surface area contributed by atoms with Crippen LogP contribution in [0.4, 0.5) is 0 Å². The normalized spacial score (nSPS) is 15.9. The van der Waals surface area contributed by atoms with Gasteiger partial charge in [0.05, 0.1) is 6.54 Å². The van der Waals surface area contributed by atoms with E-state index in [1.807, 2.05) is 0 Å². The van der Waals surface area contributed by atoms with Gasteiger partial charge in [0.25, 0.3) is 0 Å². The number of hydrogen-bond donors (Lipinski definition) is 2. The van der Waals surface area contributed by atoms with Crippen LogP contribution >= 0.6 is 0 Å². The van der Waals surface area contributed by atoms with E-state index < -0.39 is 5.97 Å². The van der Waals surface area contributed by atoms with Crippen LogP contribution in [0.3, 0.4) is 0 Å². The highest BCUT2D eigenvalue weighted by Crippen LogP contribution is 2.18. The van der Waals surface area contributed by atoms with Gasteiger partial charge >= 0.3 is 5.97 Å². The molecule has 0 aliphatic carbocycles. The van der Waals surface area contributed by atoms with Gasteiger partial charge in [-0.05, 0) is 38.3 Å². The van der Waals surface area contributed by atoms with Crippen molar-refractivity contribution in [3.05, 3.63) is 0 Å². The van der Waals surface area contributed by atoms with Gasteiger partial charge in [-0.25, -0.2) is 0 Å². The molecule has 0 aromatic heterocycles. The summed E-state index contributed by atoms with van der Waals surface area (Å²) in [5.74, 6) is 1.70. The number of nitrogens with zero attached hydrogens (tertiary/aromatic N) is 1. The summed E-state index contributed by atoms with van der Waals surface area (Å²) in [6.45, 7) is 1.76. The molecule has 0 aromatic rings. The van der Waals surface area contributed by atoms with Gasteiger partial charge in [-0.2, -0.15) is 0 Å². The van der Waals surface area contributed by atoms with Gasteiger partial charge in [-0.1, -0.05) is 5.92 Å². The molecule has 1 aliphatic heterocycles. The highest BCUT2D eigenvalue weighted by molar-refractivity contribution is 5.81. The Balaban J connectivity index is 2.35. The first kappa shape index (κ1) is 14.5. The number of carbonyl (C=O) groups excluding carboxylic acids is 1. The number of carboxylic acid groups (broad SMARTS) is 1. The van der Waals surface area contributed by atoms with Crippen molar-refractivity contribution >= 4 is 11.9 Å². The summed E-state index contributed by atoms with van der Waals surface area (Å²) in [7, 11) is 0. The number of aliphatic carboxylic acids is 1. The number of piperidine rings is 1. The molecule has 0 radical (unpaired) electrons. The molecule has 0 atom stereocenters. The van der Waals surface area contributed by atoms with Crippen molar-refractivity contribution in [2.45, 2.75) is 25.7 Å². The van der Waals surface area contributed by atoms with Crippen molar-refractivity contribution in [2.24, 2.45) is 5.92 Å². The first-order valence-corrected chi connectivity index (χ1v) is 6.27. The van der Waals surface area contributed by atoms with Crippen LogP contribution in [0.15, 0.2) is 0 Å². The number of terminal acetylenes is 1. The van der Waals surface area contributed by atoms with Crippen LogP contribution in [0, 0.1) is 18.3 Å². The Morgan fingerprint density at radius 2 is 2.06 bits per heavy atom. The maximum absolute atomic E-state index is 11.9. The molecule has 1 fully saturated rings. The second kappa shape index (κ2) is 7.72. The van der Waals surface area contributed by atoms with E-state index in [4.69, 9.17) is 11.5 Å². The molecule has 100 valence electrons. The Morgan fingerprint density at radius 1 is 1.39 bits per heavy atom. The molecule has 0 bridgehead atoms. The summed E-state index contributed by atoms with van der Waals surface area (Å²) < 4.78 is 0. The quantitative estimate of drug-likeness (QED) is 0.668. The highest BCUT2D eigenvalue weighted by Gasteiger charge is 2.19. The smallest absolute Gasteiger partial charge is 0.323 e. The zero-order valence-corrected chi connectivity index (χ0v) is 10.5. The Morgan fingerprint density at radius 3 is 2.61 bits per heavy atom. The van der Waals surface area contributed by atoms with Gasteiger partial charge in [0.15, 0.2) is 0 Å². The van der Waals surface area contributed by atoms with Gasteiger partial charge in [0.1, 0.15) is 6.54 Å². The zero-order chi connectivity index (χ0) is 13.4. The molecule has 0 aromatic carbocycles. The molecule has 1 rings (SSSR count). The lowest BCUT2D eigenvalue weighted by Crippen LogP contribution is -2.36. The molecular weight excluding hydrogens is 232 g/mol. The maximum atomic E-state index is 11.9. The van der Waals surface area contributed by atoms with Crippen molar-refractivity contribution in [2.75, 3.05) is 26.2 Å². The first-order chi connectivity index (χ1) is 8.63. The van der Waals surface area contributed by atoms with E-state index in [2.05, 4.69) is 11.2 Å². The van der Waals surface area contributed by atoms with Crippen LogP contribution in [0.5, 0.6) is 0 Å². The molecule has 0 spiro atoms. The van der Waals surface area contributed by atoms with Gasteiger partial charge < -0.3 is 15.3 Å². The standard InChI is InChI=1S/C13H20N2O3/c1-2-9-15(10-13(17)18)12(16)4-3-11-5-7-14-8-6-11/h1,11,14H,3-10H2,(H,17,18). The van der Waals surface area contributed by atoms with E-state index in [-0.39, 0.29) is 19.0 Å². The van der Waals surface area contributed by atoms with Crippen LogP contribution in [0.1, 0.15) is 25.7 Å². The van der Waals surface area contributed by atoms with Crippen LogP contribution in [0.25, 0.3) is 0 Å². The Labute approximate surface area is 108 Å². The van der Waals surface area contributed by atoms with Crippen LogP contribution in [-0.2, 0) is 9.59 Å². The third-order valence-electron chi connectivity index (χ3n) is 3.19. The van der Waals surface area contributed by atoms with Crippen molar-refractivity contribution < 1.29 is 14.7 Å². The van der Waals surface area contributed by atoms with E-state index >= 15 is 0 Å². The van der Waals surface area contributed by atoms with Crippen molar-refractivity contribution in [1.29, 1.82) is 0 Å². The Kier molecular flexibility index (Phi) is 6.23. The Hall–Kier alpha value is -1.54. The zero-order valence-electron chi connectivity index (χ0n) is 10.5. The molecule has 0 unspecified atom stereocenters. The summed E-state index contributed by atoms with van der Waals surface area (Å²) in [6, 6.07) is 0. The lowest BCUT2D eigenvalue weighted by atomic mass is 9.93. The van der Waals surface area contributed by atoms with Crippen LogP contribution < -0.4 is 5.32 Å². The molecule has 5 nitrogen and oxygen atoms in total. The minimum absolute atomic E-state index is 0.0668. The molecule has 0 saturated carbocycles. The van der Waals surface area contributed by atoms with Gasteiger partial charge in [0.2, 0.25) is 5.91 Å². The summed E-state index contributed by atoms with van der Waals surface area (Å²) in [5.41, 5.74) is 0. The van der Waals surface area contributed by atoms with Gasteiger partial charge in [-0.3, -0.25) is 9.59 Å². The second-order valence-corrected chi connectivity index (χ2v) is 4.58. The van der Waals surface area contributed by atoms with Crippen LogP contribution in [-0.4, -0.2) is 48.1 Å². The highest BCUT2D eigenvalue weighted by atomic mass is 16.4. The minimum atomic E-state index is -1.03. The molecule has 1 amide bonds. The van der Waals surface area contributed by atoms with Crippen LogP contribution in [0.2, 0.25) is 0 Å². The molecule has 1 aliphatic rings. The number of carboxylic acids is 1. The lowest BCUT2D eigenvalue weighted by molar-refractivity contribution is -0.144. The molecule has 5 heteroatoms. The number of hydrogen-bond acceptors (Lipinski definition) is 3. The Bertz CT molecular complexity index is 330. The summed E-state index contributed by atoms with van der Waals surface area (Å²) in [5, 5.41) is 12.0. The third kappa shape index (κ3) is 5.19. The summed E-state index contributed by atoms with van der Waals surface area (Å²) >= 11 is 0. The average molecular weight is 252 g/mol. The summed E-state index contributed by atoms with van der Waals surface area (Å²) in [6.07, 6.45) is 8.52. The summed E-state index contributed by atoms with van der Waals surface area (Å²) in [4.78, 5) is 23.7. The largest absolute Gasteiger partial charge is 0.480 e. The number of carbonyl (C=O) groups is 2. The predicted molar refractivity (Wildman–Crippen MR) is 67.9 cm³/mol. The van der Waals surface area contributed by atoms with E-state index in [0.29, 0.717) is 12.3 Å². The second-order valence-electron chi connectivity index (χ2n) is 4.58. The van der Waals surface area contributed by atoms with E-state index in [1.165, 1.54) is 4.90 Å². The number of amides is 1. The molecule has 18 heavy (non-hydrogen) atoms. The molecule has 2 N–H and O–H groups in total. The fourth-order valence-electron chi connectivity index (χ4n) is 2.16. The first-order valence-electron chi connectivity index (χ1n) is 6.27. The van der Waals surface area contributed by atoms with Gasteiger partial charge in [-0.15, -0.1) is 6.42 Å². The third-order valence-corrected chi connectivity index (χ3v) is 3.19. The fraction of sp³-hybridized carbons (Fsp3) is 0.692. The molecule has 1 saturated heterocycles. The maximum Gasteiger partial charge on any atom is 0.323 e. The van der Waals surface area contributed by atoms with E-state index in [0.717, 1.165) is 32.4 Å².